The van der Waals surface area contributed by atoms with Crippen molar-refractivity contribution in [3.05, 3.63) is 0 Å². The van der Waals surface area contributed by atoms with Gasteiger partial charge in [-0.3, -0.25) is 0 Å². The van der Waals surface area contributed by atoms with Gasteiger partial charge in [-0.25, -0.2) is 0 Å². The third-order valence-electron chi connectivity index (χ3n) is 2.27. The largest absolute Gasteiger partial charge is 0.396 e. The fraction of sp³-hybridized carbons (Fsp3) is 1.00. The Labute approximate surface area is 74.0 Å². The normalized spacial score (nSPS) is 19.2. The van der Waals surface area contributed by atoms with Gasteiger partial charge in [-0.05, 0) is 19.3 Å². The zero-order chi connectivity index (χ0) is 9.78. The molecule has 3 nitrogen and oxygen atoms in total. The van der Waals surface area contributed by atoms with E-state index in [1.54, 1.807) is 6.92 Å². The molecular formula is C9H20O3. The second-order valence-electron chi connectivity index (χ2n) is 3.79. The Morgan fingerprint density at radius 3 is 2.00 bits per heavy atom. The minimum Gasteiger partial charge on any atom is -0.396 e. The van der Waals surface area contributed by atoms with Crippen LogP contribution < -0.4 is 0 Å². The quantitative estimate of drug-likeness (QED) is 0.572. The van der Waals surface area contributed by atoms with Crippen LogP contribution in [0.2, 0.25) is 0 Å². The summed E-state index contributed by atoms with van der Waals surface area (Å²) >= 11 is 0. The molecule has 0 rings (SSSR count). The summed E-state index contributed by atoms with van der Waals surface area (Å²) in [7, 11) is 0. The maximum atomic E-state index is 9.94. The van der Waals surface area contributed by atoms with Crippen LogP contribution in [0.5, 0.6) is 0 Å². The van der Waals surface area contributed by atoms with Gasteiger partial charge in [0.1, 0.15) is 0 Å². The molecule has 2 atom stereocenters. The molecule has 0 aliphatic heterocycles. The molecule has 12 heavy (non-hydrogen) atoms. The van der Waals surface area contributed by atoms with Gasteiger partial charge in [-0.1, -0.05) is 13.8 Å². The maximum Gasteiger partial charge on any atom is 0.0716 e. The molecule has 0 radical (unpaired) electrons. The Morgan fingerprint density at radius 1 is 1.25 bits per heavy atom. The molecular weight excluding hydrogens is 156 g/mol. The number of aliphatic hydroxyl groups excluding tert-OH is 2. The zero-order valence-corrected chi connectivity index (χ0v) is 8.12. The molecule has 74 valence electrons. The molecule has 0 fully saturated rings. The molecule has 3 N–H and O–H groups in total. The van der Waals surface area contributed by atoms with Gasteiger partial charge in [0.2, 0.25) is 0 Å². The number of hydrogen-bond acceptors (Lipinski definition) is 3. The Morgan fingerprint density at radius 2 is 1.75 bits per heavy atom. The van der Waals surface area contributed by atoms with E-state index in [1.807, 2.05) is 13.8 Å². The highest BCUT2D eigenvalue weighted by Gasteiger charge is 2.31. The van der Waals surface area contributed by atoms with Crippen LogP contribution in [0.4, 0.5) is 0 Å². The second-order valence-corrected chi connectivity index (χ2v) is 3.79. The number of aliphatic hydroxyl groups is 3. The van der Waals surface area contributed by atoms with Crippen molar-refractivity contribution in [2.45, 2.75) is 45.3 Å². The molecule has 0 saturated heterocycles. The number of hydrogen-bond donors (Lipinski definition) is 3. The lowest BCUT2D eigenvalue weighted by Gasteiger charge is -2.32. The van der Waals surface area contributed by atoms with Crippen molar-refractivity contribution in [3.63, 3.8) is 0 Å². The third-order valence-corrected chi connectivity index (χ3v) is 2.27. The molecule has 0 spiro atoms. The third kappa shape index (κ3) is 3.52. The summed E-state index contributed by atoms with van der Waals surface area (Å²) < 4.78 is 0. The average Bonchev–Trinajstić information content (AvgIpc) is 1.85. The van der Waals surface area contributed by atoms with Crippen LogP contribution in [0.3, 0.4) is 0 Å². The first-order chi connectivity index (χ1) is 5.42. The Balaban J connectivity index is 4.18. The minimum atomic E-state index is -0.928. The molecule has 0 bridgehead atoms. The molecule has 2 unspecified atom stereocenters. The lowest BCUT2D eigenvalue weighted by atomic mass is 9.83. The standard InChI is InChI=1S/C9H20O3/c1-7(2)9(12,4-5-10)6-8(3)11/h7-8,10-12H,4-6H2,1-3H3. The lowest BCUT2D eigenvalue weighted by Crippen LogP contribution is -2.39. The molecule has 0 aliphatic rings. The van der Waals surface area contributed by atoms with Crippen LogP contribution in [-0.4, -0.2) is 33.6 Å². The van der Waals surface area contributed by atoms with Gasteiger partial charge >= 0.3 is 0 Å². The molecule has 0 aromatic carbocycles. The highest BCUT2D eigenvalue weighted by Crippen LogP contribution is 2.26. The summed E-state index contributed by atoms with van der Waals surface area (Å²) in [5, 5.41) is 27.8. The monoisotopic (exact) mass is 176 g/mol. The SMILES string of the molecule is CC(O)CC(O)(CCO)C(C)C. The fourth-order valence-corrected chi connectivity index (χ4v) is 1.33. The molecule has 0 saturated carbocycles. The summed E-state index contributed by atoms with van der Waals surface area (Å²) in [5.41, 5.74) is -0.928. The van der Waals surface area contributed by atoms with Gasteiger partial charge in [0.05, 0.1) is 11.7 Å². The van der Waals surface area contributed by atoms with Crippen molar-refractivity contribution in [1.82, 2.24) is 0 Å². The van der Waals surface area contributed by atoms with Gasteiger partial charge in [-0.2, -0.15) is 0 Å². The van der Waals surface area contributed by atoms with Gasteiger partial charge in [0.15, 0.2) is 0 Å². The van der Waals surface area contributed by atoms with E-state index in [4.69, 9.17) is 10.2 Å². The van der Waals surface area contributed by atoms with Crippen LogP contribution in [-0.2, 0) is 0 Å². The van der Waals surface area contributed by atoms with Crippen molar-refractivity contribution in [2.24, 2.45) is 5.92 Å². The van der Waals surface area contributed by atoms with E-state index in [9.17, 15) is 5.11 Å². The van der Waals surface area contributed by atoms with Crippen molar-refractivity contribution < 1.29 is 15.3 Å². The number of rotatable bonds is 5. The second kappa shape index (κ2) is 4.80. The van der Waals surface area contributed by atoms with E-state index >= 15 is 0 Å². The molecule has 0 heterocycles. The van der Waals surface area contributed by atoms with Crippen molar-refractivity contribution in [1.29, 1.82) is 0 Å². The van der Waals surface area contributed by atoms with Crippen LogP contribution in [0.1, 0.15) is 33.6 Å². The summed E-state index contributed by atoms with van der Waals surface area (Å²) in [5.74, 6) is 0.0549. The maximum absolute atomic E-state index is 9.94. The van der Waals surface area contributed by atoms with Crippen molar-refractivity contribution in [2.75, 3.05) is 6.61 Å². The Bertz CT molecular complexity index is 123. The first kappa shape index (κ1) is 11.9. The Hall–Kier alpha value is -0.120. The van der Waals surface area contributed by atoms with E-state index in [0.29, 0.717) is 12.8 Å². The molecule has 0 aromatic rings. The topological polar surface area (TPSA) is 60.7 Å². The predicted octanol–water partition coefficient (Wildman–Crippen LogP) is 0.527. The van der Waals surface area contributed by atoms with Gasteiger partial charge in [-0.15, -0.1) is 0 Å². The van der Waals surface area contributed by atoms with Crippen LogP contribution in [0, 0.1) is 5.92 Å². The summed E-state index contributed by atoms with van der Waals surface area (Å²) in [6, 6.07) is 0. The lowest BCUT2D eigenvalue weighted by molar-refractivity contribution is -0.0574. The van der Waals surface area contributed by atoms with Gasteiger partial charge < -0.3 is 15.3 Å². The van der Waals surface area contributed by atoms with Crippen LogP contribution >= 0.6 is 0 Å². The van der Waals surface area contributed by atoms with E-state index in [-0.39, 0.29) is 12.5 Å². The highest BCUT2D eigenvalue weighted by atomic mass is 16.3. The van der Waals surface area contributed by atoms with Crippen molar-refractivity contribution in [3.8, 4) is 0 Å². The van der Waals surface area contributed by atoms with E-state index in [2.05, 4.69) is 0 Å². The van der Waals surface area contributed by atoms with E-state index in [1.165, 1.54) is 0 Å². The molecule has 0 aliphatic carbocycles. The van der Waals surface area contributed by atoms with Crippen molar-refractivity contribution >= 4 is 0 Å². The van der Waals surface area contributed by atoms with Crippen LogP contribution in [0.15, 0.2) is 0 Å². The van der Waals surface area contributed by atoms with Crippen LogP contribution in [0.25, 0.3) is 0 Å². The Kier molecular flexibility index (Phi) is 4.75. The van der Waals surface area contributed by atoms with E-state index in [0.717, 1.165) is 0 Å². The first-order valence-electron chi connectivity index (χ1n) is 4.43. The average molecular weight is 176 g/mol. The fourth-order valence-electron chi connectivity index (χ4n) is 1.33. The summed E-state index contributed by atoms with van der Waals surface area (Å²) in [6.45, 7) is 5.38. The zero-order valence-electron chi connectivity index (χ0n) is 8.12. The summed E-state index contributed by atoms with van der Waals surface area (Å²) in [6.07, 6.45) is 0.129. The first-order valence-corrected chi connectivity index (χ1v) is 4.43. The smallest absolute Gasteiger partial charge is 0.0716 e. The van der Waals surface area contributed by atoms with E-state index < -0.39 is 11.7 Å². The predicted molar refractivity (Wildman–Crippen MR) is 47.8 cm³/mol. The minimum absolute atomic E-state index is 0.0403. The van der Waals surface area contributed by atoms with Gasteiger partial charge in [0, 0.05) is 13.0 Å². The summed E-state index contributed by atoms with van der Waals surface area (Å²) in [4.78, 5) is 0. The molecule has 3 heteroatoms. The van der Waals surface area contributed by atoms with Gasteiger partial charge in [0.25, 0.3) is 0 Å². The highest BCUT2D eigenvalue weighted by molar-refractivity contribution is 4.83. The molecule has 0 aromatic heterocycles. The molecule has 0 amide bonds.